The standard InChI is InChI=1S/C15H17NO2/c17-15(18)8-6-12-3-1-2-4-14(12)16-10-11-5-7-13(16)9-11/h1-4,6,8,11,13H,5,7,9-10H2,(H,17,18)/b8-6+. The molecule has 1 saturated carbocycles. The second-order valence-corrected chi connectivity index (χ2v) is 5.22. The van der Waals surface area contributed by atoms with Gasteiger partial charge < -0.3 is 10.0 Å². The summed E-state index contributed by atoms with van der Waals surface area (Å²) in [6.07, 6.45) is 6.85. The van der Waals surface area contributed by atoms with Crippen LogP contribution in [0.4, 0.5) is 5.69 Å². The fourth-order valence-electron chi connectivity index (χ4n) is 3.27. The summed E-state index contributed by atoms with van der Waals surface area (Å²) in [5.74, 6) is -0.0562. The number of piperidine rings is 1. The maximum absolute atomic E-state index is 10.6. The minimum Gasteiger partial charge on any atom is -0.478 e. The van der Waals surface area contributed by atoms with Crippen LogP contribution < -0.4 is 4.90 Å². The molecule has 3 rings (SSSR count). The van der Waals surface area contributed by atoms with Gasteiger partial charge in [0.15, 0.2) is 0 Å². The number of aliphatic carboxylic acids is 1. The van der Waals surface area contributed by atoms with Crippen molar-refractivity contribution in [2.24, 2.45) is 5.92 Å². The molecule has 1 saturated heterocycles. The molecule has 94 valence electrons. The number of hydrogen-bond donors (Lipinski definition) is 1. The average molecular weight is 243 g/mol. The van der Waals surface area contributed by atoms with Crippen molar-refractivity contribution < 1.29 is 9.90 Å². The molecule has 1 N–H and O–H groups in total. The van der Waals surface area contributed by atoms with Crippen LogP contribution in [0.25, 0.3) is 6.08 Å². The van der Waals surface area contributed by atoms with Crippen molar-refractivity contribution in [1.29, 1.82) is 0 Å². The Morgan fingerprint density at radius 2 is 2.17 bits per heavy atom. The van der Waals surface area contributed by atoms with Crippen molar-refractivity contribution in [3.8, 4) is 0 Å². The average Bonchev–Trinajstić information content (AvgIpc) is 2.99. The number of rotatable bonds is 3. The molecule has 2 unspecified atom stereocenters. The minimum atomic E-state index is -0.896. The van der Waals surface area contributed by atoms with E-state index in [9.17, 15) is 4.79 Å². The first-order valence-corrected chi connectivity index (χ1v) is 6.51. The monoisotopic (exact) mass is 243 g/mol. The number of carbonyl (C=O) groups is 1. The zero-order chi connectivity index (χ0) is 12.5. The summed E-state index contributed by atoms with van der Waals surface area (Å²) in [4.78, 5) is 13.1. The molecule has 1 aromatic rings. The Morgan fingerprint density at radius 3 is 2.83 bits per heavy atom. The van der Waals surface area contributed by atoms with Crippen LogP contribution in [-0.2, 0) is 4.79 Å². The Balaban J connectivity index is 1.90. The lowest BCUT2D eigenvalue weighted by Crippen LogP contribution is -2.32. The van der Waals surface area contributed by atoms with Crippen LogP contribution in [0.3, 0.4) is 0 Å². The molecule has 18 heavy (non-hydrogen) atoms. The highest BCUT2D eigenvalue weighted by atomic mass is 16.4. The normalized spacial score (nSPS) is 26.1. The lowest BCUT2D eigenvalue weighted by Gasteiger charge is -2.30. The molecule has 1 aromatic carbocycles. The number of para-hydroxylation sites is 1. The smallest absolute Gasteiger partial charge is 0.328 e. The topological polar surface area (TPSA) is 40.5 Å². The van der Waals surface area contributed by atoms with Gasteiger partial charge in [-0.1, -0.05) is 18.2 Å². The minimum absolute atomic E-state index is 0.661. The molecule has 2 atom stereocenters. The van der Waals surface area contributed by atoms with Crippen LogP contribution in [-0.4, -0.2) is 23.7 Å². The molecule has 2 bridgehead atoms. The lowest BCUT2D eigenvalue weighted by atomic mass is 10.1. The molecule has 1 aliphatic heterocycles. The van der Waals surface area contributed by atoms with Gasteiger partial charge in [0.05, 0.1) is 0 Å². The Morgan fingerprint density at radius 1 is 1.33 bits per heavy atom. The van der Waals surface area contributed by atoms with E-state index in [1.54, 1.807) is 6.08 Å². The molecule has 0 spiro atoms. The zero-order valence-electron chi connectivity index (χ0n) is 10.2. The maximum Gasteiger partial charge on any atom is 0.328 e. The number of benzene rings is 1. The lowest BCUT2D eigenvalue weighted by molar-refractivity contribution is -0.131. The molecular formula is C15H17NO2. The van der Waals surface area contributed by atoms with Gasteiger partial charge in [-0.2, -0.15) is 0 Å². The first kappa shape index (κ1) is 11.3. The van der Waals surface area contributed by atoms with Crippen molar-refractivity contribution in [2.45, 2.75) is 25.3 Å². The third-order valence-corrected chi connectivity index (χ3v) is 4.06. The SMILES string of the molecule is O=C(O)/C=C/c1ccccc1N1CC2CCC1C2. The fourth-order valence-corrected chi connectivity index (χ4v) is 3.27. The van der Waals surface area contributed by atoms with Gasteiger partial charge in [-0.3, -0.25) is 0 Å². The predicted molar refractivity (Wildman–Crippen MR) is 71.6 cm³/mol. The predicted octanol–water partition coefficient (Wildman–Crippen LogP) is 2.77. The zero-order valence-corrected chi connectivity index (χ0v) is 10.2. The molecule has 1 heterocycles. The Kier molecular flexibility index (Phi) is 2.82. The highest BCUT2D eigenvalue weighted by Gasteiger charge is 2.38. The first-order valence-electron chi connectivity index (χ1n) is 6.51. The summed E-state index contributed by atoms with van der Waals surface area (Å²) in [5.41, 5.74) is 2.19. The quantitative estimate of drug-likeness (QED) is 0.830. The molecule has 2 aliphatic rings. The van der Waals surface area contributed by atoms with E-state index in [0.29, 0.717) is 6.04 Å². The van der Waals surface area contributed by atoms with Crippen molar-refractivity contribution in [1.82, 2.24) is 0 Å². The summed E-state index contributed by atoms with van der Waals surface area (Å²) in [6.45, 7) is 1.13. The van der Waals surface area contributed by atoms with Gasteiger partial charge in [0.25, 0.3) is 0 Å². The number of carboxylic acids is 1. The van der Waals surface area contributed by atoms with E-state index in [4.69, 9.17) is 5.11 Å². The molecule has 0 aromatic heterocycles. The van der Waals surface area contributed by atoms with E-state index >= 15 is 0 Å². The molecule has 2 fully saturated rings. The van der Waals surface area contributed by atoms with E-state index in [-0.39, 0.29) is 0 Å². The second kappa shape index (κ2) is 4.48. The van der Waals surface area contributed by atoms with Gasteiger partial charge in [-0.05, 0) is 42.9 Å². The Hall–Kier alpha value is -1.77. The van der Waals surface area contributed by atoms with Gasteiger partial charge in [-0.15, -0.1) is 0 Å². The van der Waals surface area contributed by atoms with Gasteiger partial charge in [0.2, 0.25) is 0 Å². The summed E-state index contributed by atoms with van der Waals surface area (Å²) >= 11 is 0. The molecular weight excluding hydrogens is 226 g/mol. The van der Waals surface area contributed by atoms with E-state index in [0.717, 1.165) is 18.0 Å². The van der Waals surface area contributed by atoms with E-state index in [2.05, 4.69) is 11.0 Å². The number of anilines is 1. The Labute approximate surface area is 107 Å². The number of carboxylic acid groups (broad SMARTS) is 1. The van der Waals surface area contributed by atoms with Gasteiger partial charge in [0, 0.05) is 24.4 Å². The largest absolute Gasteiger partial charge is 0.478 e. The first-order chi connectivity index (χ1) is 8.74. The number of hydrogen-bond acceptors (Lipinski definition) is 2. The summed E-state index contributed by atoms with van der Waals surface area (Å²) in [6, 6.07) is 8.73. The third-order valence-electron chi connectivity index (χ3n) is 4.06. The van der Waals surface area contributed by atoms with E-state index < -0.39 is 5.97 Å². The van der Waals surface area contributed by atoms with Crippen molar-refractivity contribution in [3.63, 3.8) is 0 Å². The van der Waals surface area contributed by atoms with Gasteiger partial charge in [0.1, 0.15) is 0 Å². The number of nitrogens with zero attached hydrogens (tertiary/aromatic N) is 1. The van der Waals surface area contributed by atoms with Crippen LogP contribution in [0, 0.1) is 5.92 Å². The van der Waals surface area contributed by atoms with E-state index in [1.807, 2.05) is 18.2 Å². The van der Waals surface area contributed by atoms with Crippen molar-refractivity contribution in [2.75, 3.05) is 11.4 Å². The molecule has 3 heteroatoms. The van der Waals surface area contributed by atoms with Crippen LogP contribution in [0.5, 0.6) is 0 Å². The molecule has 0 radical (unpaired) electrons. The van der Waals surface area contributed by atoms with E-state index in [1.165, 1.54) is 31.0 Å². The fraction of sp³-hybridized carbons (Fsp3) is 0.400. The van der Waals surface area contributed by atoms with Crippen LogP contribution in [0.15, 0.2) is 30.3 Å². The third kappa shape index (κ3) is 2.01. The van der Waals surface area contributed by atoms with Crippen LogP contribution in [0.2, 0.25) is 0 Å². The van der Waals surface area contributed by atoms with Crippen LogP contribution in [0.1, 0.15) is 24.8 Å². The summed E-state index contributed by atoms with van der Waals surface area (Å²) in [5, 5.41) is 8.74. The molecule has 0 amide bonds. The highest BCUT2D eigenvalue weighted by Crippen LogP contribution is 2.41. The summed E-state index contributed by atoms with van der Waals surface area (Å²) in [7, 11) is 0. The second-order valence-electron chi connectivity index (χ2n) is 5.22. The van der Waals surface area contributed by atoms with Crippen molar-refractivity contribution in [3.05, 3.63) is 35.9 Å². The Bertz CT molecular complexity index is 495. The maximum atomic E-state index is 10.6. The van der Waals surface area contributed by atoms with Crippen molar-refractivity contribution >= 4 is 17.7 Å². The van der Waals surface area contributed by atoms with Gasteiger partial charge in [-0.25, -0.2) is 4.79 Å². The molecule has 1 aliphatic carbocycles. The van der Waals surface area contributed by atoms with Gasteiger partial charge >= 0.3 is 5.97 Å². The van der Waals surface area contributed by atoms with Crippen LogP contribution >= 0.6 is 0 Å². The molecule has 3 nitrogen and oxygen atoms in total. The number of fused-ring (bicyclic) bond motifs is 2. The summed E-state index contributed by atoms with van der Waals surface area (Å²) < 4.78 is 0. The highest BCUT2D eigenvalue weighted by molar-refractivity contribution is 5.87.